The highest BCUT2D eigenvalue weighted by atomic mass is 35.5. The Hall–Kier alpha value is -2.85. The maximum absolute atomic E-state index is 13.2. The minimum Gasteiger partial charge on any atom is -0.495 e. The van der Waals surface area contributed by atoms with Crippen LogP contribution in [0.25, 0.3) is 16.2 Å². The first kappa shape index (κ1) is 19.5. The van der Waals surface area contributed by atoms with E-state index < -0.39 is 11.1 Å². The second-order valence-corrected chi connectivity index (χ2v) is 7.43. The molecule has 150 valence electrons. The molecule has 29 heavy (non-hydrogen) atoms. The molecule has 1 N–H and O–H groups in total. The highest BCUT2D eigenvalue weighted by Gasteiger charge is 2.33. The van der Waals surface area contributed by atoms with Gasteiger partial charge < -0.3 is 10.1 Å². The number of imidazole rings is 1. The van der Waals surface area contributed by atoms with E-state index in [0.717, 1.165) is 11.6 Å². The molecule has 0 unspecified atom stereocenters. The lowest BCUT2D eigenvalue weighted by molar-refractivity contribution is -0.134. The van der Waals surface area contributed by atoms with E-state index in [-0.39, 0.29) is 16.6 Å². The van der Waals surface area contributed by atoms with Crippen molar-refractivity contribution in [1.29, 1.82) is 0 Å². The smallest absolute Gasteiger partial charge is 0.425 e. The first-order valence-electron chi connectivity index (χ1n) is 8.28. The van der Waals surface area contributed by atoms with E-state index in [0.29, 0.717) is 34.0 Å². The number of rotatable bonds is 5. The maximum atomic E-state index is 13.2. The van der Waals surface area contributed by atoms with Crippen LogP contribution in [0.4, 0.5) is 19.0 Å². The quantitative estimate of drug-likeness (QED) is 0.464. The zero-order valence-corrected chi connectivity index (χ0v) is 16.4. The molecule has 0 aliphatic heterocycles. The number of halogens is 4. The first-order chi connectivity index (χ1) is 13.8. The molecule has 11 heteroatoms. The number of hydrogen-bond acceptors (Lipinski definition) is 6. The van der Waals surface area contributed by atoms with Crippen molar-refractivity contribution in [3.63, 3.8) is 0 Å². The summed E-state index contributed by atoms with van der Waals surface area (Å²) in [6, 6.07) is 6.30. The average molecular weight is 440 g/mol. The number of fused-ring (bicyclic) bond motifs is 1. The molecule has 3 heterocycles. The van der Waals surface area contributed by atoms with Gasteiger partial charge in [0.15, 0.2) is 0 Å². The summed E-state index contributed by atoms with van der Waals surface area (Å²) >= 11 is 6.71. The van der Waals surface area contributed by atoms with Crippen LogP contribution in [-0.2, 0) is 12.7 Å². The number of alkyl halides is 3. The maximum Gasteiger partial charge on any atom is 0.425 e. The summed E-state index contributed by atoms with van der Waals surface area (Å²) in [6.07, 6.45) is 0.176. The van der Waals surface area contributed by atoms with Gasteiger partial charge in [0.1, 0.15) is 27.6 Å². The molecule has 0 saturated heterocycles. The second kappa shape index (κ2) is 7.53. The van der Waals surface area contributed by atoms with Gasteiger partial charge in [0.2, 0.25) is 5.95 Å². The van der Waals surface area contributed by atoms with Crippen molar-refractivity contribution in [3.05, 3.63) is 58.4 Å². The van der Waals surface area contributed by atoms with Crippen LogP contribution in [0.1, 0.15) is 10.4 Å². The monoisotopic (exact) mass is 439 g/mol. The topological polar surface area (TPSA) is 64.9 Å². The van der Waals surface area contributed by atoms with E-state index >= 15 is 0 Å². The lowest BCUT2D eigenvalue weighted by atomic mass is 10.2. The van der Waals surface area contributed by atoms with Gasteiger partial charge in [0.05, 0.1) is 17.5 Å². The largest absolute Gasteiger partial charge is 0.495 e. The molecular formula is C18H13ClF3N5OS. The molecule has 4 rings (SSSR count). The van der Waals surface area contributed by atoms with E-state index in [1.54, 1.807) is 18.3 Å². The Morgan fingerprint density at radius 1 is 1.24 bits per heavy atom. The van der Waals surface area contributed by atoms with Crippen LogP contribution >= 0.6 is 22.9 Å². The standard InChI is InChI=1S/C18H13ClF3N5OS/c1-28-13-3-2-10(6-12(13)19)8-24-15-11-7-14(18(20,21)22)29-16(11)26-17(25-15)27-5-4-23-9-27/h2-7,9H,8H2,1H3,(H,24,25,26). The molecule has 0 bridgehead atoms. The number of nitrogens with one attached hydrogen (secondary N) is 1. The summed E-state index contributed by atoms with van der Waals surface area (Å²) in [5, 5.41) is 3.83. The lowest BCUT2D eigenvalue weighted by Gasteiger charge is -2.10. The molecule has 0 aliphatic rings. The summed E-state index contributed by atoms with van der Waals surface area (Å²) in [5.74, 6) is 1.05. The van der Waals surface area contributed by atoms with Crippen molar-refractivity contribution in [2.75, 3.05) is 12.4 Å². The van der Waals surface area contributed by atoms with E-state index in [1.165, 1.54) is 24.2 Å². The Labute approximate surface area is 172 Å². The van der Waals surface area contributed by atoms with Gasteiger partial charge in [-0.15, -0.1) is 11.3 Å². The summed E-state index contributed by atoms with van der Waals surface area (Å²) in [6.45, 7) is 0.302. The third-order valence-corrected chi connectivity index (χ3v) is 5.44. The molecular weight excluding hydrogens is 427 g/mol. The van der Waals surface area contributed by atoms with Gasteiger partial charge in [-0.2, -0.15) is 18.2 Å². The van der Waals surface area contributed by atoms with Crippen LogP contribution in [0.2, 0.25) is 5.02 Å². The van der Waals surface area contributed by atoms with Crippen LogP contribution in [0.5, 0.6) is 5.75 Å². The van der Waals surface area contributed by atoms with Gasteiger partial charge in [-0.05, 0) is 23.8 Å². The minimum absolute atomic E-state index is 0.223. The number of thiophene rings is 1. The van der Waals surface area contributed by atoms with Gasteiger partial charge >= 0.3 is 6.18 Å². The van der Waals surface area contributed by atoms with Crippen molar-refractivity contribution in [2.45, 2.75) is 12.7 Å². The van der Waals surface area contributed by atoms with Crippen LogP contribution in [0.3, 0.4) is 0 Å². The van der Waals surface area contributed by atoms with Crippen molar-refractivity contribution in [3.8, 4) is 11.7 Å². The van der Waals surface area contributed by atoms with Gasteiger partial charge in [0, 0.05) is 18.9 Å². The summed E-state index contributed by atoms with van der Waals surface area (Å²) in [7, 11) is 1.52. The number of nitrogens with zero attached hydrogens (tertiary/aromatic N) is 4. The summed E-state index contributed by atoms with van der Waals surface area (Å²) in [5.41, 5.74) is 0.818. The van der Waals surface area contributed by atoms with Gasteiger partial charge in [-0.1, -0.05) is 17.7 Å². The van der Waals surface area contributed by atoms with Crippen LogP contribution in [-0.4, -0.2) is 26.6 Å². The normalized spacial score (nSPS) is 11.8. The average Bonchev–Trinajstić information content (AvgIpc) is 3.35. The first-order valence-corrected chi connectivity index (χ1v) is 9.48. The predicted molar refractivity (Wildman–Crippen MR) is 105 cm³/mol. The Bertz CT molecular complexity index is 1160. The molecule has 4 aromatic rings. The second-order valence-electron chi connectivity index (χ2n) is 5.99. The number of methoxy groups -OCH3 is 1. The predicted octanol–water partition coefficient (Wildman–Crippen LogP) is 5.17. The fourth-order valence-corrected chi connectivity index (χ4v) is 3.86. The van der Waals surface area contributed by atoms with E-state index in [2.05, 4.69) is 20.3 Å². The molecule has 0 atom stereocenters. The van der Waals surface area contributed by atoms with E-state index in [1.807, 2.05) is 6.07 Å². The Kier molecular flexibility index (Phi) is 5.05. The van der Waals surface area contributed by atoms with Crippen molar-refractivity contribution < 1.29 is 17.9 Å². The number of benzene rings is 1. The molecule has 0 fully saturated rings. The van der Waals surface area contributed by atoms with Gasteiger partial charge in [-0.25, -0.2) is 9.97 Å². The number of aromatic nitrogens is 4. The third kappa shape index (κ3) is 3.99. The molecule has 0 aliphatic carbocycles. The van der Waals surface area contributed by atoms with Gasteiger partial charge in [-0.3, -0.25) is 4.57 Å². The number of ether oxygens (including phenoxy) is 1. The Morgan fingerprint density at radius 2 is 2.07 bits per heavy atom. The molecule has 1 aromatic carbocycles. The van der Waals surface area contributed by atoms with Gasteiger partial charge in [0.25, 0.3) is 0 Å². The summed E-state index contributed by atoms with van der Waals surface area (Å²) < 4.78 is 46.3. The van der Waals surface area contributed by atoms with E-state index in [4.69, 9.17) is 16.3 Å². The Balaban J connectivity index is 1.73. The molecule has 0 spiro atoms. The molecule has 3 aromatic heterocycles. The fraction of sp³-hybridized carbons (Fsp3) is 0.167. The van der Waals surface area contributed by atoms with Crippen LogP contribution < -0.4 is 10.1 Å². The highest BCUT2D eigenvalue weighted by molar-refractivity contribution is 7.18. The van der Waals surface area contributed by atoms with E-state index in [9.17, 15) is 13.2 Å². The minimum atomic E-state index is -4.46. The molecule has 0 saturated carbocycles. The van der Waals surface area contributed by atoms with Crippen LogP contribution in [0, 0.1) is 0 Å². The fourth-order valence-electron chi connectivity index (χ4n) is 2.68. The summed E-state index contributed by atoms with van der Waals surface area (Å²) in [4.78, 5) is 12.1. The SMILES string of the molecule is COc1ccc(CNc2nc(-n3ccnc3)nc3sc(C(F)(F)F)cc23)cc1Cl. The zero-order valence-electron chi connectivity index (χ0n) is 14.9. The van der Waals surface area contributed by atoms with Crippen molar-refractivity contribution in [1.82, 2.24) is 19.5 Å². The molecule has 0 amide bonds. The molecule has 0 radical (unpaired) electrons. The van der Waals surface area contributed by atoms with Crippen molar-refractivity contribution in [2.24, 2.45) is 0 Å². The number of hydrogen-bond donors (Lipinski definition) is 1. The number of anilines is 1. The van der Waals surface area contributed by atoms with Crippen molar-refractivity contribution >= 4 is 39.0 Å². The van der Waals surface area contributed by atoms with Crippen LogP contribution in [0.15, 0.2) is 43.0 Å². The lowest BCUT2D eigenvalue weighted by Crippen LogP contribution is -2.06. The third-order valence-electron chi connectivity index (χ3n) is 4.07. The highest BCUT2D eigenvalue weighted by Crippen LogP contribution is 2.39. The Morgan fingerprint density at radius 3 is 2.72 bits per heavy atom. The molecule has 6 nitrogen and oxygen atoms in total. The zero-order chi connectivity index (χ0) is 20.6.